The van der Waals surface area contributed by atoms with Gasteiger partial charge in [0, 0.05) is 50.3 Å². The molecule has 0 saturated carbocycles. The van der Waals surface area contributed by atoms with Gasteiger partial charge in [-0.3, -0.25) is 4.79 Å². The van der Waals surface area contributed by atoms with Crippen LogP contribution in [0.25, 0.3) is 11.0 Å². The molecule has 0 bridgehead atoms. The van der Waals surface area contributed by atoms with Crippen molar-refractivity contribution < 1.29 is 4.79 Å². The molecule has 1 amide bonds. The van der Waals surface area contributed by atoms with Crippen LogP contribution in [0.4, 0.5) is 0 Å². The van der Waals surface area contributed by atoms with Gasteiger partial charge in [-0.15, -0.1) is 0 Å². The average Bonchev–Trinajstić information content (AvgIpc) is 3.13. The number of carbonyl (C=O) groups excluding carboxylic acids is 1. The largest absolute Gasteiger partial charge is 0.368 e. The molecule has 30 heavy (non-hydrogen) atoms. The van der Waals surface area contributed by atoms with Crippen LogP contribution in [0.1, 0.15) is 30.7 Å². The highest BCUT2D eigenvalue weighted by atomic mass is 31.1. The van der Waals surface area contributed by atoms with E-state index in [1.807, 2.05) is 24.1 Å². The molecule has 7 heteroatoms. The Kier molecular flexibility index (Phi) is 5.00. The number of allylic oxidation sites excluding steroid dienone is 1. The second-order valence-corrected chi connectivity index (χ2v) is 9.75. The number of carbonyl (C=O) groups is 1. The zero-order valence-electron chi connectivity index (χ0n) is 17.7. The summed E-state index contributed by atoms with van der Waals surface area (Å²) in [6.07, 6.45) is 13.4. The quantitative estimate of drug-likeness (QED) is 0.774. The second kappa shape index (κ2) is 7.68. The van der Waals surface area contributed by atoms with Gasteiger partial charge in [0.25, 0.3) is 5.91 Å². The molecule has 6 nitrogen and oxygen atoms in total. The molecule has 156 valence electrons. The van der Waals surface area contributed by atoms with Gasteiger partial charge in [0.1, 0.15) is 5.65 Å². The standard InChI is InChI=1S/C23H28N5OP/c1-4-17-9-18(13-27-12-16(3)25-23(17)27)20-10-21(29)28-14-19(5-6-22(28)30-20)26-8-7-24-15(2)11-26/h5-6,9-10,12-15,22,24,30H,4,7-8,11H2,1-3H3/t15-,22?/m1/s1. The average molecular weight is 421 g/mol. The minimum atomic E-state index is 0.0683. The molecule has 1 fully saturated rings. The van der Waals surface area contributed by atoms with Gasteiger partial charge in [-0.05, 0) is 48.9 Å². The van der Waals surface area contributed by atoms with Crippen molar-refractivity contribution in [1.82, 2.24) is 24.5 Å². The summed E-state index contributed by atoms with van der Waals surface area (Å²) in [5.41, 5.74) is 5.51. The van der Waals surface area contributed by atoms with Gasteiger partial charge in [-0.1, -0.05) is 21.6 Å². The van der Waals surface area contributed by atoms with Gasteiger partial charge in [-0.25, -0.2) is 4.98 Å². The Bertz CT molecular complexity index is 1100. The van der Waals surface area contributed by atoms with E-state index in [1.165, 1.54) is 5.56 Å². The highest BCUT2D eigenvalue weighted by molar-refractivity contribution is 7.51. The predicted molar refractivity (Wildman–Crippen MR) is 122 cm³/mol. The van der Waals surface area contributed by atoms with Crippen molar-refractivity contribution in [3.8, 4) is 0 Å². The van der Waals surface area contributed by atoms with Gasteiger partial charge in [0.05, 0.1) is 17.2 Å². The third kappa shape index (κ3) is 3.48. The number of aryl methyl sites for hydroxylation is 2. The summed E-state index contributed by atoms with van der Waals surface area (Å²) in [4.78, 5) is 22.0. The van der Waals surface area contributed by atoms with E-state index in [0.717, 1.165) is 54.0 Å². The molecule has 2 aromatic heterocycles. The van der Waals surface area contributed by atoms with E-state index in [2.05, 4.69) is 64.1 Å². The number of nitrogens with zero attached hydrogens (tertiary/aromatic N) is 4. The monoisotopic (exact) mass is 421 g/mol. The summed E-state index contributed by atoms with van der Waals surface area (Å²) >= 11 is 0. The molecule has 0 aromatic carbocycles. The number of fused-ring (bicyclic) bond motifs is 2. The van der Waals surface area contributed by atoms with Crippen LogP contribution in [-0.2, 0) is 11.2 Å². The molecule has 5 rings (SSSR count). The molecule has 3 aliphatic rings. The summed E-state index contributed by atoms with van der Waals surface area (Å²) < 4.78 is 2.10. The zero-order chi connectivity index (χ0) is 20.8. The summed E-state index contributed by atoms with van der Waals surface area (Å²) in [6.45, 7) is 9.29. The molecule has 3 atom stereocenters. The molecule has 3 aliphatic heterocycles. The fraction of sp³-hybridized carbons (Fsp3) is 0.391. The fourth-order valence-electron chi connectivity index (χ4n) is 4.49. The molecule has 1 saturated heterocycles. The fourth-order valence-corrected chi connectivity index (χ4v) is 5.85. The molecular formula is C23H28N5OP. The molecule has 2 aromatic rings. The van der Waals surface area contributed by atoms with Gasteiger partial charge in [0.15, 0.2) is 0 Å². The van der Waals surface area contributed by atoms with Crippen molar-refractivity contribution in [2.75, 3.05) is 19.6 Å². The highest BCUT2D eigenvalue weighted by Gasteiger charge is 2.30. The van der Waals surface area contributed by atoms with Crippen LogP contribution >= 0.6 is 8.58 Å². The molecule has 1 N–H and O–H groups in total. The number of rotatable bonds is 3. The molecule has 5 heterocycles. The van der Waals surface area contributed by atoms with Crippen LogP contribution in [-0.4, -0.2) is 56.6 Å². The van der Waals surface area contributed by atoms with Crippen LogP contribution in [0.15, 0.2) is 48.6 Å². The number of hydrogen-bond donors (Lipinski definition) is 1. The van der Waals surface area contributed by atoms with Crippen LogP contribution in [0.3, 0.4) is 0 Å². The van der Waals surface area contributed by atoms with Crippen molar-refractivity contribution in [3.05, 3.63) is 65.4 Å². The summed E-state index contributed by atoms with van der Waals surface area (Å²) in [5, 5.41) is 4.60. The predicted octanol–water partition coefficient (Wildman–Crippen LogP) is 3.10. The van der Waals surface area contributed by atoms with Crippen molar-refractivity contribution in [2.45, 2.75) is 39.0 Å². The second-order valence-electron chi connectivity index (χ2n) is 8.33. The Labute approximate surface area is 179 Å². The molecule has 0 spiro atoms. The van der Waals surface area contributed by atoms with Gasteiger partial charge in [-0.2, -0.15) is 0 Å². The Hall–Kier alpha value is -2.43. The SMILES string of the molecule is CCc1cc(C2=CC(=O)N3C=C(N4CCN[C@H](C)C4)C=CC3P2)cn2cc(C)nc12. The lowest BCUT2D eigenvalue weighted by molar-refractivity contribution is -0.123. The minimum absolute atomic E-state index is 0.0683. The van der Waals surface area contributed by atoms with Crippen molar-refractivity contribution in [2.24, 2.45) is 0 Å². The first-order valence-corrected chi connectivity index (χ1v) is 11.8. The van der Waals surface area contributed by atoms with E-state index in [-0.39, 0.29) is 11.7 Å². The van der Waals surface area contributed by atoms with E-state index >= 15 is 0 Å². The topological polar surface area (TPSA) is 52.9 Å². The van der Waals surface area contributed by atoms with Crippen molar-refractivity contribution in [1.29, 1.82) is 0 Å². The first-order chi connectivity index (χ1) is 14.5. The lowest BCUT2D eigenvalue weighted by Gasteiger charge is -2.39. The maximum atomic E-state index is 13.1. The van der Waals surface area contributed by atoms with Gasteiger partial charge in [0.2, 0.25) is 0 Å². The Morgan fingerprint density at radius 2 is 2.20 bits per heavy atom. The summed E-state index contributed by atoms with van der Waals surface area (Å²) in [5.74, 6) is 0.172. The Morgan fingerprint density at radius 3 is 3.00 bits per heavy atom. The zero-order valence-corrected chi connectivity index (χ0v) is 18.7. The number of hydrogen-bond acceptors (Lipinski definition) is 4. The minimum Gasteiger partial charge on any atom is -0.368 e. The van der Waals surface area contributed by atoms with E-state index < -0.39 is 0 Å². The first-order valence-electron chi connectivity index (χ1n) is 10.7. The van der Waals surface area contributed by atoms with E-state index in [9.17, 15) is 4.79 Å². The third-order valence-corrected chi connectivity index (χ3v) is 7.53. The smallest absolute Gasteiger partial charge is 0.252 e. The molecule has 0 aliphatic carbocycles. The maximum Gasteiger partial charge on any atom is 0.252 e. The van der Waals surface area contributed by atoms with E-state index in [1.54, 1.807) is 0 Å². The number of aromatic nitrogens is 2. The van der Waals surface area contributed by atoms with E-state index in [0.29, 0.717) is 14.6 Å². The number of piperazine rings is 1. The van der Waals surface area contributed by atoms with Crippen LogP contribution in [0.5, 0.6) is 0 Å². The highest BCUT2D eigenvalue weighted by Crippen LogP contribution is 2.45. The first kappa shape index (κ1) is 19.5. The summed E-state index contributed by atoms with van der Waals surface area (Å²) in [6, 6.07) is 2.67. The molecule has 2 unspecified atom stereocenters. The number of pyridine rings is 1. The van der Waals surface area contributed by atoms with Crippen molar-refractivity contribution in [3.63, 3.8) is 0 Å². The normalized spacial score (nSPS) is 25.0. The number of imidazole rings is 1. The molecule has 0 radical (unpaired) electrons. The maximum absolute atomic E-state index is 13.1. The third-order valence-electron chi connectivity index (χ3n) is 6.02. The lowest BCUT2D eigenvalue weighted by Crippen LogP contribution is -2.49. The lowest BCUT2D eigenvalue weighted by atomic mass is 10.1. The Balaban J connectivity index is 1.44. The van der Waals surface area contributed by atoms with Crippen LogP contribution < -0.4 is 5.32 Å². The van der Waals surface area contributed by atoms with Crippen LogP contribution in [0.2, 0.25) is 0 Å². The van der Waals surface area contributed by atoms with E-state index in [4.69, 9.17) is 0 Å². The van der Waals surface area contributed by atoms with Crippen molar-refractivity contribution >= 4 is 25.4 Å². The summed E-state index contributed by atoms with van der Waals surface area (Å²) in [7, 11) is 0.526. The number of nitrogens with one attached hydrogen (secondary N) is 1. The van der Waals surface area contributed by atoms with Gasteiger partial charge < -0.3 is 19.5 Å². The molecular weight excluding hydrogens is 393 g/mol. The van der Waals surface area contributed by atoms with Gasteiger partial charge >= 0.3 is 0 Å². The van der Waals surface area contributed by atoms with Crippen LogP contribution in [0, 0.1) is 6.92 Å². The Morgan fingerprint density at radius 1 is 1.33 bits per heavy atom. The number of amides is 1.